The van der Waals surface area contributed by atoms with Gasteiger partial charge in [-0.1, -0.05) is 35.1 Å². The van der Waals surface area contributed by atoms with Gasteiger partial charge in [0.15, 0.2) is 0 Å². The van der Waals surface area contributed by atoms with Gasteiger partial charge in [0.05, 0.1) is 17.8 Å². The first-order valence-electron chi connectivity index (χ1n) is 10.0. The molecular formula is C23H22ClN3O5S. The molecule has 0 fully saturated rings. The van der Waals surface area contributed by atoms with Crippen LogP contribution in [0.1, 0.15) is 36.0 Å². The molecule has 0 unspecified atom stereocenters. The molecule has 2 heterocycles. The summed E-state index contributed by atoms with van der Waals surface area (Å²) in [6.07, 6.45) is 6.79. The number of ether oxygens (including phenoxy) is 3. The quantitative estimate of drug-likeness (QED) is 0.398. The number of esters is 1. The van der Waals surface area contributed by atoms with E-state index in [2.05, 4.69) is 15.3 Å². The predicted octanol–water partition coefficient (Wildman–Crippen LogP) is 5.49. The third-order valence-corrected chi connectivity index (χ3v) is 5.20. The second-order valence-electron chi connectivity index (χ2n) is 6.79. The third-order valence-electron chi connectivity index (χ3n) is 4.05. The van der Waals surface area contributed by atoms with Gasteiger partial charge in [0, 0.05) is 31.3 Å². The molecule has 0 aliphatic heterocycles. The number of carbonyl (C=O) groups is 2. The average Bonchev–Trinajstić information content (AvgIpc) is 3.23. The number of pyridine rings is 1. The van der Waals surface area contributed by atoms with Crippen LogP contribution in [0.3, 0.4) is 0 Å². The van der Waals surface area contributed by atoms with Crippen LogP contribution in [0.5, 0.6) is 22.6 Å². The molecule has 0 aliphatic rings. The summed E-state index contributed by atoms with van der Waals surface area (Å²) in [7, 11) is 0. The molecule has 3 aromatic rings. The summed E-state index contributed by atoms with van der Waals surface area (Å²) in [5, 5.41) is 3.39. The first-order valence-corrected chi connectivity index (χ1v) is 11.2. The molecule has 3 rings (SSSR count). The summed E-state index contributed by atoms with van der Waals surface area (Å²) in [4.78, 5) is 31.5. The van der Waals surface area contributed by atoms with Crippen molar-refractivity contribution in [3.63, 3.8) is 0 Å². The Balaban J connectivity index is 1.60. The van der Waals surface area contributed by atoms with Crippen LogP contribution in [0.25, 0.3) is 6.08 Å². The number of nitrogens with zero attached hydrogens (tertiary/aromatic N) is 2. The van der Waals surface area contributed by atoms with Crippen LogP contribution in [0.2, 0.25) is 5.02 Å². The molecule has 0 saturated carbocycles. The number of hydrogen-bond donors (Lipinski definition) is 1. The van der Waals surface area contributed by atoms with Crippen molar-refractivity contribution in [2.45, 2.75) is 26.8 Å². The number of aromatic nitrogens is 2. The summed E-state index contributed by atoms with van der Waals surface area (Å²) in [5.74, 6) is 0.694. The van der Waals surface area contributed by atoms with E-state index in [1.54, 1.807) is 37.4 Å². The molecule has 0 saturated heterocycles. The van der Waals surface area contributed by atoms with Gasteiger partial charge in [-0.15, -0.1) is 0 Å². The number of thiazole rings is 1. The molecule has 1 atom stereocenters. The number of carbonyl (C=O) groups excluding carboxylic acids is 2. The van der Waals surface area contributed by atoms with E-state index in [4.69, 9.17) is 25.8 Å². The minimum absolute atomic E-state index is 0.0842. The Morgan fingerprint density at radius 2 is 2.00 bits per heavy atom. The van der Waals surface area contributed by atoms with Gasteiger partial charge in [0.25, 0.3) is 5.19 Å². The van der Waals surface area contributed by atoms with Gasteiger partial charge in [-0.05, 0) is 37.6 Å². The minimum Gasteiger partial charge on any atom is -0.462 e. The molecule has 33 heavy (non-hydrogen) atoms. The largest absolute Gasteiger partial charge is 0.462 e. The van der Waals surface area contributed by atoms with Crippen molar-refractivity contribution in [2.24, 2.45) is 0 Å². The molecule has 1 amide bonds. The number of benzene rings is 1. The number of nitrogens with one attached hydrogen (secondary N) is 1. The summed E-state index contributed by atoms with van der Waals surface area (Å²) < 4.78 is 16.4. The average molecular weight is 488 g/mol. The van der Waals surface area contributed by atoms with E-state index in [0.29, 0.717) is 32.5 Å². The van der Waals surface area contributed by atoms with Gasteiger partial charge < -0.3 is 19.5 Å². The van der Waals surface area contributed by atoms with Gasteiger partial charge in [0.2, 0.25) is 11.8 Å². The predicted molar refractivity (Wildman–Crippen MR) is 126 cm³/mol. The normalized spacial score (nSPS) is 11.8. The van der Waals surface area contributed by atoms with Crippen LogP contribution in [-0.4, -0.2) is 34.5 Å². The van der Waals surface area contributed by atoms with Crippen LogP contribution in [0.15, 0.2) is 48.8 Å². The fourth-order valence-electron chi connectivity index (χ4n) is 2.62. The number of halogens is 1. The molecule has 0 bridgehead atoms. The van der Waals surface area contributed by atoms with Gasteiger partial charge in [0.1, 0.15) is 16.4 Å². The van der Waals surface area contributed by atoms with Crippen molar-refractivity contribution in [2.75, 3.05) is 6.61 Å². The molecular weight excluding hydrogens is 466 g/mol. The van der Waals surface area contributed by atoms with Crippen LogP contribution in [0.4, 0.5) is 0 Å². The Labute approximate surface area is 200 Å². The zero-order valence-electron chi connectivity index (χ0n) is 18.2. The van der Waals surface area contributed by atoms with E-state index >= 15 is 0 Å². The van der Waals surface area contributed by atoms with Crippen molar-refractivity contribution in [3.05, 3.63) is 64.3 Å². The Bertz CT molecular complexity index is 1150. The van der Waals surface area contributed by atoms with Crippen molar-refractivity contribution in [3.8, 4) is 22.6 Å². The Morgan fingerprint density at radius 3 is 2.67 bits per heavy atom. The maximum atomic E-state index is 11.7. The topological polar surface area (TPSA) is 99.6 Å². The lowest BCUT2D eigenvalue weighted by atomic mass is 10.2. The standard InChI is InChI=1S/C23H22ClN3O5S/c1-4-30-22(29)20-13-26-23(33-20)31-17-8-9-19(18(24)11-17)32-21-10-7-16(12-25-21)6-5-14(2)27-15(3)28/h5-14H,4H2,1-3H3,(H,27,28)/b6-5+/t14-/m0/s1. The maximum absolute atomic E-state index is 11.7. The second-order valence-corrected chi connectivity index (χ2v) is 8.19. The number of rotatable bonds is 9. The lowest BCUT2D eigenvalue weighted by Gasteiger charge is -2.09. The fraction of sp³-hybridized carbons (Fsp3) is 0.217. The SMILES string of the molecule is CCOC(=O)c1cnc(Oc2ccc(Oc3ccc(/C=C/[C@H](C)NC(C)=O)cn3)c(Cl)c2)s1. The van der Waals surface area contributed by atoms with Crippen LogP contribution >= 0.6 is 22.9 Å². The zero-order chi connectivity index (χ0) is 23.8. The van der Waals surface area contributed by atoms with Gasteiger partial charge >= 0.3 is 5.97 Å². The lowest BCUT2D eigenvalue weighted by molar-refractivity contribution is -0.119. The first-order chi connectivity index (χ1) is 15.8. The molecule has 2 aromatic heterocycles. The van der Waals surface area contributed by atoms with Crippen LogP contribution < -0.4 is 14.8 Å². The Hall–Kier alpha value is -3.43. The van der Waals surface area contributed by atoms with E-state index in [1.165, 1.54) is 13.1 Å². The molecule has 10 heteroatoms. The van der Waals surface area contributed by atoms with E-state index in [0.717, 1.165) is 16.9 Å². The molecule has 172 valence electrons. The van der Waals surface area contributed by atoms with Gasteiger partial charge in [-0.3, -0.25) is 4.79 Å². The summed E-state index contributed by atoms with van der Waals surface area (Å²) in [5.41, 5.74) is 0.861. The molecule has 8 nitrogen and oxygen atoms in total. The summed E-state index contributed by atoms with van der Waals surface area (Å²) in [6.45, 7) is 5.38. The molecule has 0 spiro atoms. The molecule has 0 radical (unpaired) electrons. The molecule has 1 aromatic carbocycles. The Kier molecular flexibility index (Phi) is 8.39. The van der Waals surface area contributed by atoms with E-state index in [1.807, 2.05) is 25.1 Å². The number of amides is 1. The minimum atomic E-state index is -0.442. The number of hydrogen-bond acceptors (Lipinski definition) is 8. The zero-order valence-corrected chi connectivity index (χ0v) is 19.8. The van der Waals surface area contributed by atoms with Crippen molar-refractivity contribution in [1.29, 1.82) is 0 Å². The lowest BCUT2D eigenvalue weighted by Crippen LogP contribution is -2.28. The highest BCUT2D eigenvalue weighted by Crippen LogP contribution is 2.34. The second kappa shape index (κ2) is 11.4. The molecule has 0 aliphatic carbocycles. The van der Waals surface area contributed by atoms with Crippen LogP contribution in [0, 0.1) is 0 Å². The monoisotopic (exact) mass is 487 g/mol. The highest BCUT2D eigenvalue weighted by molar-refractivity contribution is 7.15. The van der Waals surface area contributed by atoms with Crippen molar-refractivity contribution < 1.29 is 23.8 Å². The fourth-order valence-corrected chi connectivity index (χ4v) is 3.51. The van der Waals surface area contributed by atoms with Crippen LogP contribution in [-0.2, 0) is 9.53 Å². The van der Waals surface area contributed by atoms with Crippen molar-refractivity contribution >= 4 is 40.9 Å². The van der Waals surface area contributed by atoms with Crippen molar-refractivity contribution in [1.82, 2.24) is 15.3 Å². The smallest absolute Gasteiger partial charge is 0.350 e. The summed E-state index contributed by atoms with van der Waals surface area (Å²) >= 11 is 7.41. The van der Waals surface area contributed by atoms with E-state index < -0.39 is 5.97 Å². The van der Waals surface area contributed by atoms with E-state index in [9.17, 15) is 9.59 Å². The highest BCUT2D eigenvalue weighted by atomic mass is 35.5. The third kappa shape index (κ3) is 7.30. The highest BCUT2D eigenvalue weighted by Gasteiger charge is 2.14. The maximum Gasteiger partial charge on any atom is 0.350 e. The first kappa shape index (κ1) is 24.2. The van der Waals surface area contributed by atoms with Gasteiger partial charge in [-0.25, -0.2) is 14.8 Å². The molecule has 1 N–H and O–H groups in total. The van der Waals surface area contributed by atoms with Gasteiger partial charge in [-0.2, -0.15) is 0 Å². The van der Waals surface area contributed by atoms with E-state index in [-0.39, 0.29) is 18.6 Å². The Morgan fingerprint density at radius 1 is 1.18 bits per heavy atom. The summed E-state index contributed by atoms with van der Waals surface area (Å²) in [6, 6.07) is 8.39.